The van der Waals surface area contributed by atoms with Crippen LogP contribution in [-0.4, -0.2) is 16.0 Å². The highest BCUT2D eigenvalue weighted by Crippen LogP contribution is 2.20. The molecule has 1 aromatic carbocycles. The van der Waals surface area contributed by atoms with Crippen LogP contribution in [0, 0.1) is 0 Å². The fourth-order valence-electron chi connectivity index (χ4n) is 1.74. The number of hydrogen-bond acceptors (Lipinski definition) is 2. The lowest BCUT2D eigenvalue weighted by Crippen LogP contribution is -2.17. The Hall–Kier alpha value is -1.48. The minimum atomic E-state index is 0.112. The molecule has 1 atom stereocenters. The Labute approximate surface area is 82.7 Å². The molecule has 0 saturated carbocycles. The molecule has 14 heavy (non-hydrogen) atoms. The topological polar surface area (TPSA) is 51.2 Å². The van der Waals surface area contributed by atoms with Gasteiger partial charge in [0.15, 0.2) is 0 Å². The quantitative estimate of drug-likeness (QED) is 0.709. The fraction of sp³-hybridized carbons (Fsp3) is 0.273. The first-order valence-corrected chi connectivity index (χ1v) is 4.72. The molecule has 0 radical (unpaired) electrons. The van der Waals surface area contributed by atoms with Gasteiger partial charge < -0.3 is 10.9 Å². The first kappa shape index (κ1) is 9.09. The van der Waals surface area contributed by atoms with Crippen molar-refractivity contribution < 1.29 is 5.21 Å². The van der Waals surface area contributed by atoms with E-state index in [9.17, 15) is 5.21 Å². The zero-order chi connectivity index (χ0) is 10.1. The van der Waals surface area contributed by atoms with Crippen molar-refractivity contribution >= 4 is 10.9 Å². The minimum Gasteiger partial charge on any atom is -0.428 e. The summed E-state index contributed by atoms with van der Waals surface area (Å²) >= 11 is 0. The molecule has 0 amide bonds. The predicted octanol–water partition coefficient (Wildman–Crippen LogP) is 1.77. The van der Waals surface area contributed by atoms with Crippen LogP contribution in [-0.2, 0) is 6.42 Å². The average Bonchev–Trinajstić information content (AvgIpc) is 2.44. The van der Waals surface area contributed by atoms with Gasteiger partial charge in [-0.15, -0.1) is 0 Å². The summed E-state index contributed by atoms with van der Waals surface area (Å²) < 4.78 is 1.16. The molecule has 0 aliphatic heterocycles. The highest BCUT2D eigenvalue weighted by Gasteiger charge is 2.08. The van der Waals surface area contributed by atoms with Crippen molar-refractivity contribution in [2.45, 2.75) is 19.4 Å². The normalized spacial score (nSPS) is 13.3. The smallest absolute Gasteiger partial charge is 0.0868 e. The Balaban J connectivity index is 2.55. The van der Waals surface area contributed by atoms with Crippen molar-refractivity contribution in [3.63, 3.8) is 0 Å². The number of para-hydroxylation sites is 1. The summed E-state index contributed by atoms with van der Waals surface area (Å²) in [5.41, 5.74) is 7.67. The van der Waals surface area contributed by atoms with Gasteiger partial charge in [0.2, 0.25) is 0 Å². The van der Waals surface area contributed by atoms with Crippen molar-refractivity contribution in [2.75, 3.05) is 0 Å². The molecule has 1 heterocycles. The van der Waals surface area contributed by atoms with Crippen LogP contribution in [0.1, 0.15) is 12.5 Å². The van der Waals surface area contributed by atoms with Crippen LogP contribution in [0.2, 0.25) is 0 Å². The zero-order valence-electron chi connectivity index (χ0n) is 8.14. The van der Waals surface area contributed by atoms with Crippen LogP contribution in [0.3, 0.4) is 0 Å². The van der Waals surface area contributed by atoms with Crippen molar-refractivity contribution in [3.05, 3.63) is 36.0 Å². The highest BCUT2D eigenvalue weighted by atomic mass is 16.5. The second kappa shape index (κ2) is 3.35. The Morgan fingerprint density at radius 1 is 1.43 bits per heavy atom. The molecule has 2 rings (SSSR count). The van der Waals surface area contributed by atoms with E-state index in [4.69, 9.17) is 5.73 Å². The Morgan fingerprint density at radius 3 is 2.86 bits per heavy atom. The van der Waals surface area contributed by atoms with Crippen molar-refractivity contribution in [1.29, 1.82) is 0 Å². The van der Waals surface area contributed by atoms with E-state index in [1.165, 1.54) is 0 Å². The SMILES string of the molecule is C[C@@H](N)Cc1cn(O)c2ccccc12. The zero-order valence-corrected chi connectivity index (χ0v) is 8.14. The highest BCUT2D eigenvalue weighted by molar-refractivity contribution is 5.83. The lowest BCUT2D eigenvalue weighted by atomic mass is 10.1. The summed E-state index contributed by atoms with van der Waals surface area (Å²) in [7, 11) is 0. The van der Waals surface area contributed by atoms with Crippen molar-refractivity contribution in [1.82, 2.24) is 4.73 Å². The number of aromatic nitrogens is 1. The lowest BCUT2D eigenvalue weighted by molar-refractivity contribution is 0.199. The maximum Gasteiger partial charge on any atom is 0.0868 e. The molecule has 0 aliphatic carbocycles. The van der Waals surface area contributed by atoms with E-state index in [0.717, 1.165) is 27.6 Å². The van der Waals surface area contributed by atoms with Gasteiger partial charge in [0.1, 0.15) is 0 Å². The molecule has 2 aromatic rings. The van der Waals surface area contributed by atoms with E-state index in [2.05, 4.69) is 0 Å². The van der Waals surface area contributed by atoms with E-state index in [1.807, 2.05) is 31.2 Å². The third-order valence-corrected chi connectivity index (χ3v) is 2.32. The van der Waals surface area contributed by atoms with Crippen LogP contribution >= 0.6 is 0 Å². The van der Waals surface area contributed by atoms with Crippen LogP contribution in [0.15, 0.2) is 30.5 Å². The first-order chi connectivity index (χ1) is 6.68. The van der Waals surface area contributed by atoms with E-state index < -0.39 is 0 Å². The third-order valence-electron chi connectivity index (χ3n) is 2.32. The Kier molecular flexibility index (Phi) is 2.17. The van der Waals surface area contributed by atoms with E-state index in [-0.39, 0.29) is 6.04 Å². The second-order valence-electron chi connectivity index (χ2n) is 3.70. The van der Waals surface area contributed by atoms with E-state index >= 15 is 0 Å². The molecule has 0 unspecified atom stereocenters. The van der Waals surface area contributed by atoms with Gasteiger partial charge in [-0.1, -0.05) is 18.2 Å². The molecule has 3 heteroatoms. The molecule has 0 bridgehead atoms. The molecule has 0 spiro atoms. The lowest BCUT2D eigenvalue weighted by Gasteiger charge is -2.01. The summed E-state index contributed by atoms with van der Waals surface area (Å²) in [5.74, 6) is 0. The number of nitrogens with two attached hydrogens (primary N) is 1. The van der Waals surface area contributed by atoms with Gasteiger partial charge in [-0.3, -0.25) is 0 Å². The molecular weight excluding hydrogens is 176 g/mol. The molecule has 3 N–H and O–H groups in total. The number of benzene rings is 1. The van der Waals surface area contributed by atoms with Crippen LogP contribution in [0.5, 0.6) is 0 Å². The van der Waals surface area contributed by atoms with Gasteiger partial charge in [0, 0.05) is 17.6 Å². The summed E-state index contributed by atoms with van der Waals surface area (Å²) in [6, 6.07) is 7.87. The maximum absolute atomic E-state index is 9.58. The van der Waals surface area contributed by atoms with Gasteiger partial charge >= 0.3 is 0 Å². The Bertz CT molecular complexity index is 445. The molecule has 3 nitrogen and oxygen atoms in total. The van der Waals surface area contributed by atoms with Gasteiger partial charge in [0.05, 0.1) is 5.52 Å². The summed E-state index contributed by atoms with van der Waals surface area (Å²) in [6.07, 6.45) is 2.52. The first-order valence-electron chi connectivity index (χ1n) is 4.72. The van der Waals surface area contributed by atoms with Gasteiger partial charge in [-0.05, 0) is 25.0 Å². The molecule has 0 aliphatic rings. The van der Waals surface area contributed by atoms with Gasteiger partial charge in [-0.25, -0.2) is 0 Å². The van der Waals surface area contributed by atoms with Crippen molar-refractivity contribution in [3.8, 4) is 0 Å². The van der Waals surface area contributed by atoms with E-state index in [0.29, 0.717) is 0 Å². The van der Waals surface area contributed by atoms with Gasteiger partial charge in [0.25, 0.3) is 0 Å². The molecule has 1 aromatic heterocycles. The average molecular weight is 190 g/mol. The minimum absolute atomic E-state index is 0.112. The third kappa shape index (κ3) is 1.46. The molecular formula is C11H14N2O. The summed E-state index contributed by atoms with van der Waals surface area (Å²) in [6.45, 7) is 1.96. The fourth-order valence-corrected chi connectivity index (χ4v) is 1.74. The Morgan fingerprint density at radius 2 is 2.14 bits per heavy atom. The van der Waals surface area contributed by atoms with Crippen LogP contribution in [0.25, 0.3) is 10.9 Å². The van der Waals surface area contributed by atoms with Crippen molar-refractivity contribution in [2.24, 2.45) is 5.73 Å². The summed E-state index contributed by atoms with van der Waals surface area (Å²) in [4.78, 5) is 0. The van der Waals surface area contributed by atoms with Gasteiger partial charge in [-0.2, -0.15) is 4.73 Å². The monoisotopic (exact) mass is 190 g/mol. The molecule has 0 fully saturated rings. The number of nitrogens with zero attached hydrogens (tertiary/aromatic N) is 1. The van der Waals surface area contributed by atoms with Crippen LogP contribution < -0.4 is 5.73 Å². The molecule has 74 valence electrons. The number of rotatable bonds is 2. The van der Waals surface area contributed by atoms with E-state index in [1.54, 1.807) is 6.20 Å². The largest absolute Gasteiger partial charge is 0.428 e. The summed E-state index contributed by atoms with van der Waals surface area (Å²) in [5, 5.41) is 10.7. The second-order valence-corrected chi connectivity index (χ2v) is 3.70. The maximum atomic E-state index is 9.58. The number of hydrogen-bond donors (Lipinski definition) is 2. The number of fused-ring (bicyclic) bond motifs is 1. The predicted molar refractivity (Wildman–Crippen MR) is 56.5 cm³/mol. The molecule has 0 saturated heterocycles. The standard InChI is InChI=1S/C11H14N2O/c1-8(12)6-9-7-13(14)11-5-3-2-4-10(9)11/h2-5,7-8,14H,6,12H2,1H3/t8-/m1/s1. The van der Waals surface area contributed by atoms with Crippen LogP contribution in [0.4, 0.5) is 0 Å².